The molecule has 9 aromatic rings. The van der Waals surface area contributed by atoms with E-state index in [4.69, 9.17) is 18.9 Å². The van der Waals surface area contributed by atoms with Crippen molar-refractivity contribution in [3.63, 3.8) is 0 Å². The number of aliphatic hydroxyl groups is 1. The molecule has 0 spiro atoms. The van der Waals surface area contributed by atoms with Crippen molar-refractivity contribution in [2.45, 2.75) is 30.6 Å². The van der Waals surface area contributed by atoms with Crippen LogP contribution in [-0.2, 0) is 21.6 Å². The molecule has 2 aromatic heterocycles. The van der Waals surface area contributed by atoms with Gasteiger partial charge in [0.05, 0.1) is 45.6 Å². The summed E-state index contributed by atoms with van der Waals surface area (Å²) in [5.74, 6) is 0.645. The third-order valence-corrected chi connectivity index (χ3v) is 12.0. The van der Waals surface area contributed by atoms with Gasteiger partial charge in [-0.2, -0.15) is 0 Å². The van der Waals surface area contributed by atoms with Gasteiger partial charge in [0.25, 0.3) is 5.56 Å². The van der Waals surface area contributed by atoms with Crippen LogP contribution in [0, 0.1) is 5.92 Å². The average molecular weight is 812 g/mol. The standard InChI is InChI=1S/C49H41N5O7/c1-58-36-19-15-34(16-20-36)49(33-9-4-3-5-10-33,35-17-21-37(59-2)22-18-35)60-29-42-46(56)40(47(61-42)54-26-25-43(55)50-48(54)57)27-53-28-41(51-52-53)38-23-13-32-12-11-30-7-6-8-31-14-24-39(38)45(32)44(30)31/h3-26,28,40,42,46-47,56H,27,29H2,1-2H3,(H,50,55,57)/t40-,42-,46+,47-/m1/s1. The summed E-state index contributed by atoms with van der Waals surface area (Å²) in [5, 5.41) is 28.3. The second kappa shape index (κ2) is 15.5. The highest BCUT2D eigenvalue weighted by atomic mass is 16.6. The van der Waals surface area contributed by atoms with Gasteiger partial charge in [-0.05, 0) is 73.3 Å². The van der Waals surface area contributed by atoms with Crippen molar-refractivity contribution in [3.8, 4) is 22.8 Å². The molecule has 12 heteroatoms. The van der Waals surface area contributed by atoms with E-state index in [0.717, 1.165) is 33.0 Å². The first-order valence-electron chi connectivity index (χ1n) is 20.1. The van der Waals surface area contributed by atoms with Crippen molar-refractivity contribution < 1.29 is 24.1 Å². The zero-order valence-corrected chi connectivity index (χ0v) is 33.3. The van der Waals surface area contributed by atoms with Crippen molar-refractivity contribution in [2.75, 3.05) is 20.8 Å². The number of aromatic amines is 1. The molecule has 304 valence electrons. The molecule has 12 nitrogen and oxygen atoms in total. The highest BCUT2D eigenvalue weighted by Gasteiger charge is 2.47. The SMILES string of the molecule is COc1ccc(C(OC[C@H]2O[C@@H](n3ccc(=O)[nH]c3=O)[C@H](Cn3cc(-c4ccc5ccc6cccc7ccc4c5c67)nn3)[C@@H]2O)(c2ccccc2)c2ccc(OC)cc2)cc1. The molecule has 0 radical (unpaired) electrons. The van der Waals surface area contributed by atoms with Crippen LogP contribution in [0.1, 0.15) is 22.9 Å². The van der Waals surface area contributed by atoms with Gasteiger partial charge in [0, 0.05) is 17.8 Å². The first-order valence-corrected chi connectivity index (χ1v) is 20.1. The van der Waals surface area contributed by atoms with Crippen LogP contribution in [0.4, 0.5) is 0 Å². The first kappa shape index (κ1) is 38.1. The number of H-pyrrole nitrogens is 1. The van der Waals surface area contributed by atoms with Crippen LogP contribution < -0.4 is 20.7 Å². The molecule has 1 fully saturated rings. The smallest absolute Gasteiger partial charge is 0.330 e. The number of nitrogens with zero attached hydrogens (tertiary/aromatic N) is 4. The highest BCUT2D eigenvalue weighted by Crippen LogP contribution is 2.44. The monoisotopic (exact) mass is 811 g/mol. The predicted molar refractivity (Wildman–Crippen MR) is 232 cm³/mol. The number of rotatable bonds is 12. The zero-order valence-electron chi connectivity index (χ0n) is 33.3. The summed E-state index contributed by atoms with van der Waals surface area (Å²) in [5.41, 5.74) is 1.64. The Morgan fingerprint density at radius 2 is 1.34 bits per heavy atom. The Morgan fingerprint density at radius 3 is 2.00 bits per heavy atom. The van der Waals surface area contributed by atoms with Gasteiger partial charge in [-0.25, -0.2) is 4.79 Å². The van der Waals surface area contributed by atoms with Crippen LogP contribution in [0.5, 0.6) is 11.5 Å². The normalized spacial score (nSPS) is 18.0. The molecule has 0 aliphatic carbocycles. The summed E-state index contributed by atoms with van der Waals surface area (Å²) in [6.07, 6.45) is 0.168. The molecule has 0 unspecified atom stereocenters. The fourth-order valence-electron chi connectivity index (χ4n) is 9.01. The minimum Gasteiger partial charge on any atom is -0.497 e. The summed E-state index contributed by atoms with van der Waals surface area (Å²) < 4.78 is 27.7. The Hall–Kier alpha value is -7.12. The summed E-state index contributed by atoms with van der Waals surface area (Å²) >= 11 is 0. The van der Waals surface area contributed by atoms with Gasteiger partial charge in [0.15, 0.2) is 0 Å². The fraction of sp³-hybridized carbons (Fsp3) is 0.184. The Balaban J connectivity index is 1.01. The fourth-order valence-corrected chi connectivity index (χ4v) is 9.01. The molecular weight excluding hydrogens is 771 g/mol. The van der Waals surface area contributed by atoms with Gasteiger partial charge < -0.3 is 24.1 Å². The number of nitrogens with one attached hydrogen (secondary N) is 1. The number of aromatic nitrogens is 5. The van der Waals surface area contributed by atoms with Crippen LogP contribution in [0.3, 0.4) is 0 Å². The van der Waals surface area contributed by atoms with Crippen molar-refractivity contribution in [1.82, 2.24) is 24.5 Å². The molecule has 0 saturated carbocycles. The van der Waals surface area contributed by atoms with Gasteiger partial charge >= 0.3 is 5.69 Å². The number of benzene rings is 7. The number of methoxy groups -OCH3 is 2. The Bertz CT molecular complexity index is 3040. The van der Waals surface area contributed by atoms with Gasteiger partial charge in [-0.3, -0.25) is 19.0 Å². The predicted octanol–water partition coefficient (Wildman–Crippen LogP) is 7.29. The minimum atomic E-state index is -1.19. The van der Waals surface area contributed by atoms with Crippen molar-refractivity contribution >= 4 is 32.3 Å². The van der Waals surface area contributed by atoms with Crippen LogP contribution in [0.25, 0.3) is 43.6 Å². The Kier molecular flexibility index (Phi) is 9.67. The molecule has 61 heavy (non-hydrogen) atoms. The van der Waals surface area contributed by atoms with Crippen molar-refractivity contribution in [3.05, 3.63) is 189 Å². The van der Waals surface area contributed by atoms with E-state index in [2.05, 4.69) is 69.9 Å². The van der Waals surface area contributed by atoms with Crippen molar-refractivity contribution in [2.24, 2.45) is 5.92 Å². The molecule has 3 heterocycles. The topological polar surface area (TPSA) is 143 Å². The molecular formula is C49H41N5O7. The molecule has 4 atom stereocenters. The van der Waals surface area contributed by atoms with Crippen molar-refractivity contribution in [1.29, 1.82) is 0 Å². The lowest BCUT2D eigenvalue weighted by Crippen LogP contribution is -2.39. The van der Waals surface area contributed by atoms with E-state index in [1.807, 2.05) is 85.1 Å². The lowest BCUT2D eigenvalue weighted by Gasteiger charge is -2.37. The molecule has 0 amide bonds. The van der Waals surface area contributed by atoms with E-state index in [1.165, 1.54) is 38.4 Å². The van der Waals surface area contributed by atoms with E-state index < -0.39 is 41.2 Å². The second-order valence-corrected chi connectivity index (χ2v) is 15.3. The second-order valence-electron chi connectivity index (χ2n) is 15.3. The maximum absolute atomic E-state index is 13.3. The Morgan fingerprint density at radius 1 is 0.721 bits per heavy atom. The van der Waals surface area contributed by atoms with Gasteiger partial charge in [0.2, 0.25) is 0 Å². The highest BCUT2D eigenvalue weighted by molar-refractivity contribution is 6.25. The van der Waals surface area contributed by atoms with Crippen LogP contribution in [-0.4, -0.2) is 62.7 Å². The van der Waals surface area contributed by atoms with Crippen LogP contribution in [0.15, 0.2) is 162 Å². The number of hydrogen-bond donors (Lipinski definition) is 2. The first-order chi connectivity index (χ1) is 29.8. The maximum Gasteiger partial charge on any atom is 0.330 e. The molecule has 7 aromatic carbocycles. The summed E-state index contributed by atoms with van der Waals surface area (Å²) in [6.45, 7) is 0.0398. The van der Waals surface area contributed by atoms with Gasteiger partial charge in [-0.1, -0.05) is 114 Å². The third-order valence-electron chi connectivity index (χ3n) is 12.0. The average Bonchev–Trinajstić information content (AvgIpc) is 3.90. The Labute approximate surface area is 349 Å². The number of aliphatic hydroxyl groups excluding tert-OH is 1. The quantitative estimate of drug-likeness (QED) is 0.0961. The zero-order chi connectivity index (χ0) is 41.7. The van der Waals surface area contributed by atoms with E-state index in [1.54, 1.807) is 18.9 Å². The lowest BCUT2D eigenvalue weighted by atomic mass is 9.80. The third kappa shape index (κ3) is 6.61. The van der Waals surface area contributed by atoms with Gasteiger partial charge in [0.1, 0.15) is 35.1 Å². The van der Waals surface area contributed by atoms with E-state index in [-0.39, 0.29) is 13.2 Å². The van der Waals surface area contributed by atoms with Gasteiger partial charge in [-0.15, -0.1) is 5.10 Å². The number of hydrogen-bond acceptors (Lipinski definition) is 9. The molecule has 1 aliphatic heterocycles. The van der Waals surface area contributed by atoms with Crippen LogP contribution >= 0.6 is 0 Å². The maximum atomic E-state index is 13.3. The lowest BCUT2D eigenvalue weighted by molar-refractivity contribution is -0.0949. The molecule has 1 saturated heterocycles. The molecule has 1 aliphatic rings. The molecule has 0 bridgehead atoms. The number of ether oxygens (including phenoxy) is 4. The minimum absolute atomic E-state index is 0.0927. The molecule has 2 N–H and O–H groups in total. The summed E-state index contributed by atoms with van der Waals surface area (Å²) in [6, 6.07) is 45.5. The van der Waals surface area contributed by atoms with E-state index in [9.17, 15) is 14.7 Å². The largest absolute Gasteiger partial charge is 0.497 e. The van der Waals surface area contributed by atoms with Crippen LogP contribution in [0.2, 0.25) is 0 Å². The summed E-state index contributed by atoms with van der Waals surface area (Å²) in [7, 11) is 3.23. The van der Waals surface area contributed by atoms with E-state index in [0.29, 0.717) is 17.2 Å². The van der Waals surface area contributed by atoms with E-state index >= 15 is 0 Å². The molecule has 10 rings (SSSR count). The summed E-state index contributed by atoms with van der Waals surface area (Å²) in [4.78, 5) is 27.9.